The highest BCUT2D eigenvalue weighted by atomic mass is 32.2. The quantitative estimate of drug-likeness (QED) is 0.802. The maximum absolute atomic E-state index is 5.92. The Hall–Kier alpha value is -1.16. The van der Waals surface area contributed by atoms with Crippen molar-refractivity contribution in [2.24, 2.45) is 5.92 Å². The molecule has 0 bridgehead atoms. The van der Waals surface area contributed by atoms with Gasteiger partial charge in [-0.15, -0.1) is 0 Å². The molecule has 0 atom stereocenters. The maximum Gasteiger partial charge on any atom is 0.111 e. The fourth-order valence-electron chi connectivity index (χ4n) is 2.43. The van der Waals surface area contributed by atoms with Gasteiger partial charge in [-0.25, -0.2) is 4.98 Å². The number of H-pyrrole nitrogens is 1. The van der Waals surface area contributed by atoms with Gasteiger partial charge >= 0.3 is 0 Å². The Bertz CT molecular complexity index is 514. The first-order valence-corrected chi connectivity index (χ1v) is 7.29. The molecule has 1 aliphatic rings. The highest BCUT2D eigenvalue weighted by Gasteiger charge is 2.16. The van der Waals surface area contributed by atoms with Crippen molar-refractivity contribution in [2.45, 2.75) is 19.3 Å². The third-order valence-corrected chi connectivity index (χ3v) is 4.46. The summed E-state index contributed by atoms with van der Waals surface area (Å²) in [5.41, 5.74) is 8.67. The number of nitrogens with one attached hydrogen (secondary N) is 1. The Morgan fingerprint density at radius 2 is 2.18 bits per heavy atom. The number of nitrogens with two attached hydrogens (primary N) is 1. The predicted octanol–water partition coefficient (Wildman–Crippen LogP) is 2.83. The number of aromatic amines is 1. The smallest absolute Gasteiger partial charge is 0.111 e. The second kappa shape index (κ2) is 4.61. The minimum Gasteiger partial charge on any atom is -0.397 e. The Labute approximate surface area is 105 Å². The van der Waals surface area contributed by atoms with Gasteiger partial charge in [0.25, 0.3) is 0 Å². The number of hydrogen-bond donors (Lipinski definition) is 2. The summed E-state index contributed by atoms with van der Waals surface area (Å²) < 4.78 is 0. The van der Waals surface area contributed by atoms with Crippen molar-refractivity contribution in [3.8, 4) is 0 Å². The topological polar surface area (TPSA) is 54.7 Å². The van der Waals surface area contributed by atoms with Crippen LogP contribution in [-0.4, -0.2) is 21.5 Å². The van der Waals surface area contributed by atoms with Gasteiger partial charge in [0.05, 0.1) is 11.2 Å². The fraction of sp³-hybridized carbons (Fsp3) is 0.462. The molecule has 3 N–H and O–H groups in total. The average molecular weight is 247 g/mol. The molecular weight excluding hydrogens is 230 g/mol. The molecule has 2 heterocycles. The molecule has 0 unspecified atom stereocenters. The molecule has 2 aromatic rings. The van der Waals surface area contributed by atoms with E-state index >= 15 is 0 Å². The first-order valence-electron chi connectivity index (χ1n) is 6.14. The molecule has 0 aliphatic carbocycles. The molecule has 1 aliphatic heterocycles. The van der Waals surface area contributed by atoms with Crippen molar-refractivity contribution >= 4 is 28.5 Å². The van der Waals surface area contributed by atoms with Crippen molar-refractivity contribution in [2.75, 3.05) is 17.2 Å². The van der Waals surface area contributed by atoms with E-state index in [2.05, 4.69) is 21.7 Å². The molecule has 0 saturated carbocycles. The number of thioether (sulfide) groups is 1. The monoisotopic (exact) mass is 247 g/mol. The fourth-order valence-corrected chi connectivity index (χ4v) is 3.63. The lowest BCUT2D eigenvalue weighted by Gasteiger charge is -2.19. The summed E-state index contributed by atoms with van der Waals surface area (Å²) >= 11 is 2.07. The maximum atomic E-state index is 5.92. The van der Waals surface area contributed by atoms with Gasteiger partial charge in [0.1, 0.15) is 11.3 Å². The van der Waals surface area contributed by atoms with E-state index in [4.69, 9.17) is 5.73 Å². The predicted molar refractivity (Wildman–Crippen MR) is 74.3 cm³/mol. The lowest BCUT2D eigenvalue weighted by atomic mass is 9.99. The average Bonchev–Trinajstić information content (AvgIpc) is 2.74. The molecule has 1 fully saturated rings. The Balaban J connectivity index is 1.83. The van der Waals surface area contributed by atoms with Crippen LogP contribution in [0, 0.1) is 5.92 Å². The van der Waals surface area contributed by atoms with Gasteiger partial charge in [-0.05, 0) is 42.4 Å². The lowest BCUT2D eigenvalue weighted by molar-refractivity contribution is 0.478. The van der Waals surface area contributed by atoms with Crippen LogP contribution in [0.1, 0.15) is 18.7 Å². The second-order valence-corrected chi connectivity index (χ2v) is 5.91. The lowest BCUT2D eigenvalue weighted by Crippen LogP contribution is -2.12. The molecule has 3 rings (SSSR count). The Morgan fingerprint density at radius 3 is 2.94 bits per heavy atom. The van der Waals surface area contributed by atoms with Gasteiger partial charge in [-0.2, -0.15) is 11.8 Å². The van der Waals surface area contributed by atoms with Gasteiger partial charge in [-0.1, -0.05) is 6.07 Å². The van der Waals surface area contributed by atoms with Crippen LogP contribution in [0.5, 0.6) is 0 Å². The normalized spacial score (nSPS) is 17.6. The van der Waals surface area contributed by atoms with E-state index in [1.54, 1.807) is 0 Å². The largest absolute Gasteiger partial charge is 0.397 e. The van der Waals surface area contributed by atoms with Crippen LogP contribution < -0.4 is 5.73 Å². The zero-order valence-electron chi connectivity index (χ0n) is 9.78. The third-order valence-electron chi connectivity index (χ3n) is 3.42. The van der Waals surface area contributed by atoms with Crippen LogP contribution >= 0.6 is 11.8 Å². The van der Waals surface area contributed by atoms with E-state index in [-0.39, 0.29) is 0 Å². The molecule has 0 amide bonds. The van der Waals surface area contributed by atoms with Crippen LogP contribution in [0.4, 0.5) is 5.69 Å². The van der Waals surface area contributed by atoms with Crippen molar-refractivity contribution in [3.63, 3.8) is 0 Å². The first kappa shape index (κ1) is 11.0. The minimum absolute atomic E-state index is 0.768. The second-order valence-electron chi connectivity index (χ2n) is 4.69. The number of aromatic nitrogens is 2. The van der Waals surface area contributed by atoms with Crippen molar-refractivity contribution in [3.05, 3.63) is 24.0 Å². The van der Waals surface area contributed by atoms with Crippen LogP contribution in [0.2, 0.25) is 0 Å². The number of benzene rings is 1. The molecule has 0 spiro atoms. The van der Waals surface area contributed by atoms with E-state index in [1.165, 1.54) is 24.3 Å². The summed E-state index contributed by atoms with van der Waals surface area (Å²) in [5.74, 6) is 4.48. The summed E-state index contributed by atoms with van der Waals surface area (Å²) in [4.78, 5) is 8.00. The molecule has 1 aromatic carbocycles. The summed E-state index contributed by atoms with van der Waals surface area (Å²) in [7, 11) is 0. The van der Waals surface area contributed by atoms with E-state index in [9.17, 15) is 0 Å². The summed E-state index contributed by atoms with van der Waals surface area (Å²) in [6.07, 6.45) is 3.70. The van der Waals surface area contributed by atoms with E-state index in [1.807, 2.05) is 18.2 Å². The molecule has 1 aromatic heterocycles. The van der Waals surface area contributed by atoms with Gasteiger partial charge in [-0.3, -0.25) is 0 Å². The van der Waals surface area contributed by atoms with E-state index in [0.29, 0.717) is 0 Å². The number of rotatable bonds is 2. The number of nitrogen functional groups attached to an aromatic ring is 1. The molecule has 1 saturated heterocycles. The van der Waals surface area contributed by atoms with Crippen LogP contribution in [0.25, 0.3) is 11.0 Å². The molecular formula is C13H17N3S. The van der Waals surface area contributed by atoms with Gasteiger partial charge in [0.2, 0.25) is 0 Å². The van der Waals surface area contributed by atoms with Gasteiger partial charge in [0.15, 0.2) is 0 Å². The van der Waals surface area contributed by atoms with E-state index < -0.39 is 0 Å². The Kier molecular flexibility index (Phi) is 2.97. The van der Waals surface area contributed by atoms with Crippen LogP contribution in [0.3, 0.4) is 0 Å². The number of para-hydroxylation sites is 1. The zero-order valence-corrected chi connectivity index (χ0v) is 10.6. The molecule has 17 heavy (non-hydrogen) atoms. The van der Waals surface area contributed by atoms with Gasteiger partial charge < -0.3 is 10.7 Å². The highest BCUT2D eigenvalue weighted by Crippen LogP contribution is 2.26. The number of imidazole rings is 1. The number of fused-ring (bicyclic) bond motifs is 1. The molecule has 4 heteroatoms. The number of nitrogens with zero attached hydrogens (tertiary/aromatic N) is 1. The number of hydrogen-bond acceptors (Lipinski definition) is 3. The van der Waals surface area contributed by atoms with Crippen molar-refractivity contribution < 1.29 is 0 Å². The summed E-state index contributed by atoms with van der Waals surface area (Å²) in [6.45, 7) is 0. The Morgan fingerprint density at radius 1 is 1.35 bits per heavy atom. The summed E-state index contributed by atoms with van der Waals surface area (Å²) in [5, 5.41) is 0. The van der Waals surface area contributed by atoms with Crippen LogP contribution in [-0.2, 0) is 6.42 Å². The van der Waals surface area contributed by atoms with Gasteiger partial charge in [0, 0.05) is 6.42 Å². The van der Waals surface area contributed by atoms with E-state index in [0.717, 1.165) is 34.9 Å². The first-order chi connectivity index (χ1) is 8.33. The molecule has 0 radical (unpaired) electrons. The SMILES string of the molecule is Nc1cccc2[nH]c(CC3CCSCC3)nc12. The standard InChI is InChI=1S/C13H17N3S/c14-10-2-1-3-11-13(10)16-12(15-11)8-9-4-6-17-7-5-9/h1-3,9H,4-8,14H2,(H,15,16). The minimum atomic E-state index is 0.768. The number of anilines is 1. The van der Waals surface area contributed by atoms with Crippen molar-refractivity contribution in [1.29, 1.82) is 0 Å². The molecule has 90 valence electrons. The summed E-state index contributed by atoms with van der Waals surface area (Å²) in [6, 6.07) is 5.92. The highest BCUT2D eigenvalue weighted by molar-refractivity contribution is 7.99. The molecule has 3 nitrogen and oxygen atoms in total. The van der Waals surface area contributed by atoms with Crippen LogP contribution in [0.15, 0.2) is 18.2 Å². The zero-order chi connectivity index (χ0) is 11.7. The van der Waals surface area contributed by atoms with Crippen molar-refractivity contribution in [1.82, 2.24) is 9.97 Å². The third kappa shape index (κ3) is 2.27.